The molecular formula is C16H18N2O3. The standard InChI is InChI=1S/C16H18N2O3/c1-2-21-16(20)10-6-7-13-12(8-10)11-4-3-5-14(17-9-19)15(11)18-13/h6-9,14,18H,2-5H2,1H3,(H,17,19)/t14-/m1/s1. The number of esters is 1. The summed E-state index contributed by atoms with van der Waals surface area (Å²) in [4.78, 5) is 26.0. The largest absolute Gasteiger partial charge is 0.462 e. The third-order valence-electron chi connectivity index (χ3n) is 3.99. The Morgan fingerprint density at radius 1 is 1.52 bits per heavy atom. The first-order valence-electron chi connectivity index (χ1n) is 7.26. The molecule has 0 spiro atoms. The number of nitrogens with one attached hydrogen (secondary N) is 2. The maximum absolute atomic E-state index is 11.9. The summed E-state index contributed by atoms with van der Waals surface area (Å²) < 4.78 is 5.05. The van der Waals surface area contributed by atoms with Gasteiger partial charge in [0.1, 0.15) is 0 Å². The third-order valence-corrected chi connectivity index (χ3v) is 3.99. The Bertz CT molecular complexity index is 690. The normalized spacial score (nSPS) is 17.3. The van der Waals surface area contributed by atoms with Gasteiger partial charge >= 0.3 is 5.97 Å². The lowest BCUT2D eigenvalue weighted by Gasteiger charge is -2.21. The van der Waals surface area contributed by atoms with E-state index in [1.807, 2.05) is 12.1 Å². The van der Waals surface area contributed by atoms with Gasteiger partial charge in [-0.3, -0.25) is 4.79 Å². The Balaban J connectivity index is 2.05. The van der Waals surface area contributed by atoms with E-state index in [1.165, 1.54) is 5.56 Å². The smallest absolute Gasteiger partial charge is 0.338 e. The van der Waals surface area contributed by atoms with Gasteiger partial charge in [-0.1, -0.05) is 0 Å². The summed E-state index contributed by atoms with van der Waals surface area (Å²) in [5.74, 6) is -0.298. The highest BCUT2D eigenvalue weighted by Crippen LogP contribution is 2.34. The fourth-order valence-electron chi connectivity index (χ4n) is 3.05. The number of carbonyl (C=O) groups is 2. The molecule has 1 aliphatic rings. The predicted octanol–water partition coefficient (Wildman–Crippen LogP) is 2.47. The first-order chi connectivity index (χ1) is 10.2. The van der Waals surface area contributed by atoms with Crippen LogP contribution < -0.4 is 5.32 Å². The average molecular weight is 286 g/mol. The minimum absolute atomic E-state index is 0.0321. The summed E-state index contributed by atoms with van der Waals surface area (Å²) in [7, 11) is 0. The van der Waals surface area contributed by atoms with Crippen molar-refractivity contribution in [2.75, 3.05) is 6.61 Å². The molecule has 21 heavy (non-hydrogen) atoms. The maximum atomic E-state index is 11.9. The lowest BCUT2D eigenvalue weighted by molar-refractivity contribution is -0.110. The number of carbonyl (C=O) groups excluding carboxylic acids is 2. The van der Waals surface area contributed by atoms with Crippen molar-refractivity contribution in [2.24, 2.45) is 0 Å². The zero-order valence-corrected chi connectivity index (χ0v) is 11.9. The van der Waals surface area contributed by atoms with Crippen LogP contribution in [0.25, 0.3) is 10.9 Å². The van der Waals surface area contributed by atoms with E-state index in [1.54, 1.807) is 13.0 Å². The highest BCUT2D eigenvalue weighted by Gasteiger charge is 2.24. The molecular weight excluding hydrogens is 268 g/mol. The van der Waals surface area contributed by atoms with Gasteiger partial charge in [-0.05, 0) is 49.9 Å². The van der Waals surface area contributed by atoms with Crippen LogP contribution in [-0.4, -0.2) is 24.0 Å². The molecule has 0 radical (unpaired) electrons. The molecule has 5 heteroatoms. The molecule has 1 atom stereocenters. The first kappa shape index (κ1) is 13.7. The van der Waals surface area contributed by atoms with Gasteiger partial charge in [0.25, 0.3) is 0 Å². The molecule has 0 saturated carbocycles. The molecule has 0 saturated heterocycles. The third kappa shape index (κ3) is 2.39. The van der Waals surface area contributed by atoms with E-state index in [0.717, 1.165) is 42.3 Å². The van der Waals surface area contributed by atoms with Crippen LogP contribution in [-0.2, 0) is 16.0 Å². The molecule has 2 aromatic rings. The van der Waals surface area contributed by atoms with Crippen LogP contribution >= 0.6 is 0 Å². The number of hydrogen-bond donors (Lipinski definition) is 2. The number of fused-ring (bicyclic) bond motifs is 3. The van der Waals surface area contributed by atoms with Gasteiger partial charge in [0.2, 0.25) is 6.41 Å². The quantitative estimate of drug-likeness (QED) is 0.670. The van der Waals surface area contributed by atoms with Crippen molar-refractivity contribution in [3.05, 3.63) is 35.0 Å². The summed E-state index contributed by atoms with van der Waals surface area (Å²) >= 11 is 0. The Hall–Kier alpha value is -2.30. The van der Waals surface area contributed by atoms with Gasteiger partial charge in [-0.25, -0.2) is 4.79 Å². The monoisotopic (exact) mass is 286 g/mol. The molecule has 5 nitrogen and oxygen atoms in total. The minimum atomic E-state index is -0.298. The van der Waals surface area contributed by atoms with Crippen LogP contribution in [0, 0.1) is 0 Å². The van der Waals surface area contributed by atoms with Crippen LogP contribution in [0.15, 0.2) is 18.2 Å². The SMILES string of the molecule is CCOC(=O)c1ccc2[nH]c3c(c2c1)CCC[C@H]3NC=O. The molecule has 0 aliphatic heterocycles. The highest BCUT2D eigenvalue weighted by molar-refractivity contribution is 5.96. The lowest BCUT2D eigenvalue weighted by atomic mass is 9.91. The Morgan fingerprint density at radius 2 is 2.38 bits per heavy atom. The van der Waals surface area contributed by atoms with Crippen molar-refractivity contribution in [2.45, 2.75) is 32.2 Å². The number of aromatic amines is 1. The van der Waals surface area contributed by atoms with Crippen molar-refractivity contribution in [1.82, 2.24) is 10.3 Å². The molecule has 110 valence electrons. The highest BCUT2D eigenvalue weighted by atomic mass is 16.5. The molecule has 1 heterocycles. The molecule has 1 aromatic carbocycles. The number of H-pyrrole nitrogens is 1. The summed E-state index contributed by atoms with van der Waals surface area (Å²) in [5, 5.41) is 3.90. The summed E-state index contributed by atoms with van der Waals surface area (Å²) in [6.45, 7) is 2.16. The fraction of sp³-hybridized carbons (Fsp3) is 0.375. The summed E-state index contributed by atoms with van der Waals surface area (Å²) in [6, 6.07) is 5.58. The number of aromatic nitrogens is 1. The second kappa shape index (κ2) is 5.60. The zero-order chi connectivity index (χ0) is 14.8. The van der Waals surface area contributed by atoms with Crippen LogP contribution in [0.5, 0.6) is 0 Å². The number of benzene rings is 1. The zero-order valence-electron chi connectivity index (χ0n) is 11.9. The summed E-state index contributed by atoms with van der Waals surface area (Å²) in [5.41, 5.74) is 3.82. The number of hydrogen-bond acceptors (Lipinski definition) is 3. The van der Waals surface area contributed by atoms with Gasteiger partial charge in [0.15, 0.2) is 0 Å². The van der Waals surface area contributed by atoms with E-state index in [4.69, 9.17) is 4.74 Å². The Morgan fingerprint density at radius 3 is 3.14 bits per heavy atom. The Labute approximate surface area is 122 Å². The minimum Gasteiger partial charge on any atom is -0.462 e. The molecule has 0 bridgehead atoms. The Kier molecular flexibility index (Phi) is 3.64. The number of ether oxygens (including phenoxy) is 1. The van der Waals surface area contributed by atoms with E-state index in [-0.39, 0.29) is 12.0 Å². The van der Waals surface area contributed by atoms with Gasteiger partial charge in [0.05, 0.1) is 18.2 Å². The van der Waals surface area contributed by atoms with Gasteiger partial charge in [0, 0.05) is 16.6 Å². The summed E-state index contributed by atoms with van der Waals surface area (Å²) in [6.07, 6.45) is 3.66. The van der Waals surface area contributed by atoms with Gasteiger partial charge in [-0.2, -0.15) is 0 Å². The van der Waals surface area contributed by atoms with Crippen molar-refractivity contribution >= 4 is 23.3 Å². The molecule has 1 aliphatic carbocycles. The molecule has 2 N–H and O–H groups in total. The van der Waals surface area contributed by atoms with Crippen LogP contribution in [0.3, 0.4) is 0 Å². The second-order valence-electron chi connectivity index (χ2n) is 5.23. The number of amides is 1. The second-order valence-corrected chi connectivity index (χ2v) is 5.23. The van der Waals surface area contributed by atoms with Gasteiger partial charge in [-0.15, -0.1) is 0 Å². The van der Waals surface area contributed by atoms with E-state index < -0.39 is 0 Å². The molecule has 3 rings (SSSR count). The first-order valence-corrected chi connectivity index (χ1v) is 7.26. The lowest BCUT2D eigenvalue weighted by Crippen LogP contribution is -2.23. The molecule has 0 unspecified atom stereocenters. The van der Waals surface area contributed by atoms with Gasteiger partial charge < -0.3 is 15.0 Å². The van der Waals surface area contributed by atoms with Crippen molar-refractivity contribution in [1.29, 1.82) is 0 Å². The average Bonchev–Trinajstić information content (AvgIpc) is 2.87. The van der Waals surface area contributed by atoms with E-state index in [0.29, 0.717) is 12.2 Å². The van der Waals surface area contributed by atoms with Crippen LogP contribution in [0.2, 0.25) is 0 Å². The van der Waals surface area contributed by atoms with Crippen molar-refractivity contribution in [3.63, 3.8) is 0 Å². The number of rotatable bonds is 4. The van der Waals surface area contributed by atoms with E-state index >= 15 is 0 Å². The topological polar surface area (TPSA) is 71.2 Å². The van der Waals surface area contributed by atoms with Crippen LogP contribution in [0.4, 0.5) is 0 Å². The number of aryl methyl sites for hydroxylation is 1. The maximum Gasteiger partial charge on any atom is 0.338 e. The fourth-order valence-corrected chi connectivity index (χ4v) is 3.05. The van der Waals surface area contributed by atoms with E-state index in [2.05, 4.69) is 10.3 Å². The van der Waals surface area contributed by atoms with Crippen molar-refractivity contribution in [3.8, 4) is 0 Å². The molecule has 0 fully saturated rings. The van der Waals surface area contributed by atoms with Crippen LogP contribution in [0.1, 0.15) is 47.4 Å². The molecule has 1 amide bonds. The molecule has 1 aromatic heterocycles. The van der Waals surface area contributed by atoms with Crippen molar-refractivity contribution < 1.29 is 14.3 Å². The van der Waals surface area contributed by atoms with E-state index in [9.17, 15) is 9.59 Å². The predicted molar refractivity (Wildman–Crippen MR) is 79.1 cm³/mol.